The Hall–Kier alpha value is -1.90. The van der Waals surface area contributed by atoms with Crippen LogP contribution in [0.1, 0.15) is 19.3 Å². The summed E-state index contributed by atoms with van der Waals surface area (Å²) in [6.07, 6.45) is 3.32. The van der Waals surface area contributed by atoms with E-state index in [9.17, 15) is 14.9 Å². The van der Waals surface area contributed by atoms with E-state index in [-0.39, 0.29) is 36.2 Å². The van der Waals surface area contributed by atoms with Gasteiger partial charge in [-0.05, 0) is 64.0 Å². The first-order chi connectivity index (χ1) is 12.0. The molecule has 2 rings (SSSR count). The summed E-state index contributed by atoms with van der Waals surface area (Å²) in [6, 6.07) is 4.40. The number of carbonyl (C=O) groups is 1. The summed E-state index contributed by atoms with van der Waals surface area (Å²) in [7, 11) is 3.40. The van der Waals surface area contributed by atoms with Gasteiger partial charge in [0.1, 0.15) is 11.4 Å². The molecule has 2 N–H and O–H groups in total. The maximum atomic E-state index is 12.2. The minimum absolute atomic E-state index is 0. The standard InChI is InChI=1S/C17H26N4O4.ClH/c1-18-8-5-13-6-9-20(10-7-13)12-17(22)19-15-4-3-14(25-2)11-16(15)21(23)24;/h3-4,11,13,18H,5-10,12H2,1-2H3,(H,19,22);1H. The van der Waals surface area contributed by atoms with Crippen LogP contribution >= 0.6 is 12.4 Å². The van der Waals surface area contributed by atoms with Crippen molar-refractivity contribution < 1.29 is 14.5 Å². The van der Waals surface area contributed by atoms with Gasteiger partial charge in [-0.25, -0.2) is 0 Å². The lowest BCUT2D eigenvalue weighted by Gasteiger charge is -2.31. The number of anilines is 1. The van der Waals surface area contributed by atoms with Crippen molar-refractivity contribution in [3.05, 3.63) is 28.3 Å². The molecule has 0 aromatic heterocycles. The van der Waals surface area contributed by atoms with Crippen molar-refractivity contribution in [2.24, 2.45) is 5.92 Å². The van der Waals surface area contributed by atoms with Crippen LogP contribution in [0.15, 0.2) is 18.2 Å². The summed E-state index contributed by atoms with van der Waals surface area (Å²) in [4.78, 5) is 25.0. The van der Waals surface area contributed by atoms with Crippen molar-refractivity contribution in [1.82, 2.24) is 10.2 Å². The molecule has 1 aliphatic rings. The monoisotopic (exact) mass is 386 g/mol. The molecule has 0 saturated carbocycles. The molecule has 1 amide bonds. The summed E-state index contributed by atoms with van der Waals surface area (Å²) in [5.41, 5.74) is 0.0261. The first-order valence-electron chi connectivity index (χ1n) is 8.52. The molecular weight excluding hydrogens is 360 g/mol. The van der Waals surface area contributed by atoms with Gasteiger partial charge in [-0.1, -0.05) is 0 Å². The fourth-order valence-electron chi connectivity index (χ4n) is 3.07. The number of carbonyl (C=O) groups excluding carboxylic acids is 1. The van der Waals surface area contributed by atoms with Crippen LogP contribution in [-0.2, 0) is 4.79 Å². The number of nitro benzene ring substituents is 1. The number of methoxy groups -OCH3 is 1. The highest BCUT2D eigenvalue weighted by Crippen LogP contribution is 2.29. The number of likely N-dealkylation sites (tertiary alicyclic amines) is 1. The van der Waals surface area contributed by atoms with E-state index in [1.165, 1.54) is 19.2 Å². The molecule has 0 spiro atoms. The maximum Gasteiger partial charge on any atom is 0.296 e. The number of amides is 1. The highest BCUT2D eigenvalue weighted by Gasteiger charge is 2.22. The third kappa shape index (κ3) is 6.44. The smallest absolute Gasteiger partial charge is 0.296 e. The molecule has 146 valence electrons. The van der Waals surface area contributed by atoms with E-state index in [2.05, 4.69) is 15.5 Å². The van der Waals surface area contributed by atoms with Gasteiger partial charge in [0.25, 0.3) is 5.69 Å². The zero-order chi connectivity index (χ0) is 18.2. The summed E-state index contributed by atoms with van der Waals surface area (Å²) in [5.74, 6) is 0.852. The number of piperidine rings is 1. The Balaban J connectivity index is 0.00000338. The molecule has 0 atom stereocenters. The number of halogens is 1. The largest absolute Gasteiger partial charge is 0.496 e. The van der Waals surface area contributed by atoms with Crippen LogP contribution in [0.2, 0.25) is 0 Å². The van der Waals surface area contributed by atoms with Crippen molar-refractivity contribution in [3.63, 3.8) is 0 Å². The molecule has 0 radical (unpaired) electrons. The Morgan fingerprint density at radius 3 is 2.65 bits per heavy atom. The number of ether oxygens (including phenoxy) is 1. The van der Waals surface area contributed by atoms with Gasteiger partial charge in [0.2, 0.25) is 5.91 Å². The summed E-state index contributed by atoms with van der Waals surface area (Å²) in [5, 5.41) is 17.0. The number of rotatable bonds is 8. The highest BCUT2D eigenvalue weighted by molar-refractivity contribution is 5.94. The van der Waals surface area contributed by atoms with Gasteiger partial charge >= 0.3 is 0 Å². The molecule has 1 saturated heterocycles. The number of nitrogens with one attached hydrogen (secondary N) is 2. The zero-order valence-electron chi connectivity index (χ0n) is 15.2. The van der Waals surface area contributed by atoms with E-state index >= 15 is 0 Å². The lowest BCUT2D eigenvalue weighted by Crippen LogP contribution is -2.39. The Morgan fingerprint density at radius 1 is 1.38 bits per heavy atom. The van der Waals surface area contributed by atoms with Gasteiger partial charge in [-0.15, -0.1) is 12.4 Å². The van der Waals surface area contributed by atoms with Crippen molar-refractivity contribution >= 4 is 29.7 Å². The second-order valence-corrected chi connectivity index (χ2v) is 6.30. The summed E-state index contributed by atoms with van der Waals surface area (Å²) in [6.45, 7) is 3.03. The van der Waals surface area contributed by atoms with E-state index in [1.807, 2.05) is 7.05 Å². The average Bonchev–Trinajstić information content (AvgIpc) is 2.61. The van der Waals surface area contributed by atoms with E-state index in [0.29, 0.717) is 11.7 Å². The van der Waals surface area contributed by atoms with Crippen LogP contribution in [0, 0.1) is 16.0 Å². The molecule has 26 heavy (non-hydrogen) atoms. The van der Waals surface area contributed by atoms with Crippen molar-refractivity contribution in [3.8, 4) is 5.75 Å². The van der Waals surface area contributed by atoms with Crippen LogP contribution in [0.4, 0.5) is 11.4 Å². The number of benzene rings is 1. The highest BCUT2D eigenvalue weighted by atomic mass is 35.5. The number of nitrogens with zero attached hydrogens (tertiary/aromatic N) is 2. The quantitative estimate of drug-likeness (QED) is 0.525. The third-order valence-corrected chi connectivity index (χ3v) is 4.55. The molecule has 0 unspecified atom stereocenters. The number of hydrogen-bond donors (Lipinski definition) is 2. The normalized spacial score (nSPS) is 15.2. The average molecular weight is 387 g/mol. The van der Waals surface area contributed by atoms with E-state index in [1.54, 1.807) is 6.07 Å². The Morgan fingerprint density at radius 2 is 2.08 bits per heavy atom. The molecule has 8 nitrogen and oxygen atoms in total. The van der Waals surface area contributed by atoms with E-state index in [4.69, 9.17) is 4.74 Å². The van der Waals surface area contributed by atoms with Gasteiger partial charge in [0, 0.05) is 0 Å². The van der Waals surface area contributed by atoms with Crippen LogP contribution in [-0.4, -0.2) is 56.1 Å². The molecule has 9 heteroatoms. The van der Waals surface area contributed by atoms with Crippen LogP contribution < -0.4 is 15.4 Å². The minimum Gasteiger partial charge on any atom is -0.496 e. The topological polar surface area (TPSA) is 96.7 Å². The Bertz CT molecular complexity index is 606. The zero-order valence-corrected chi connectivity index (χ0v) is 16.0. The molecule has 1 aliphatic heterocycles. The van der Waals surface area contributed by atoms with Crippen molar-refractivity contribution in [2.75, 3.05) is 45.7 Å². The molecular formula is C17H27ClN4O4. The lowest BCUT2D eigenvalue weighted by atomic mass is 9.93. The van der Waals surface area contributed by atoms with Gasteiger partial charge in [0.05, 0.1) is 24.6 Å². The minimum atomic E-state index is -0.522. The van der Waals surface area contributed by atoms with Crippen molar-refractivity contribution in [2.45, 2.75) is 19.3 Å². The van der Waals surface area contributed by atoms with Crippen molar-refractivity contribution in [1.29, 1.82) is 0 Å². The fraction of sp³-hybridized carbons (Fsp3) is 0.588. The Labute approximate surface area is 159 Å². The van der Waals surface area contributed by atoms with Gasteiger partial charge in [0.15, 0.2) is 0 Å². The van der Waals surface area contributed by atoms with Crippen LogP contribution in [0.25, 0.3) is 0 Å². The third-order valence-electron chi connectivity index (χ3n) is 4.55. The molecule has 1 heterocycles. The van der Waals surface area contributed by atoms with E-state index in [0.717, 1.165) is 38.9 Å². The van der Waals surface area contributed by atoms with Gasteiger partial charge < -0.3 is 15.4 Å². The molecule has 0 bridgehead atoms. The van der Waals surface area contributed by atoms with Gasteiger partial charge in [-0.2, -0.15) is 0 Å². The summed E-state index contributed by atoms with van der Waals surface area (Å²) < 4.78 is 4.99. The van der Waals surface area contributed by atoms with E-state index < -0.39 is 4.92 Å². The first-order valence-corrected chi connectivity index (χ1v) is 8.52. The second-order valence-electron chi connectivity index (χ2n) is 6.30. The lowest BCUT2D eigenvalue weighted by molar-refractivity contribution is -0.384. The predicted molar refractivity (Wildman–Crippen MR) is 103 cm³/mol. The molecule has 1 aromatic carbocycles. The van der Waals surface area contributed by atoms with Crippen LogP contribution in [0.5, 0.6) is 5.75 Å². The van der Waals surface area contributed by atoms with Gasteiger partial charge in [-0.3, -0.25) is 19.8 Å². The molecule has 0 aliphatic carbocycles. The van der Waals surface area contributed by atoms with Crippen LogP contribution in [0.3, 0.4) is 0 Å². The summed E-state index contributed by atoms with van der Waals surface area (Å²) >= 11 is 0. The maximum absolute atomic E-state index is 12.2. The fourth-order valence-corrected chi connectivity index (χ4v) is 3.07. The Kier molecular flexibility index (Phi) is 9.32. The molecule has 1 fully saturated rings. The number of hydrogen-bond acceptors (Lipinski definition) is 6. The molecule has 1 aromatic rings. The SMILES string of the molecule is CNCCC1CCN(CC(=O)Nc2ccc(OC)cc2[N+](=O)[O-])CC1.Cl. The number of nitro groups is 1. The second kappa shape index (κ2) is 10.9. The predicted octanol–water partition coefficient (Wildman–Crippen LogP) is 2.29. The first kappa shape index (κ1) is 22.1.